The molecule has 2 aliphatic rings. The van der Waals surface area contributed by atoms with Crippen LogP contribution in [0.3, 0.4) is 0 Å². The molecule has 110 valence electrons. The maximum atomic E-state index is 12.9. The molecule has 0 radical (unpaired) electrons. The van der Waals surface area contributed by atoms with Gasteiger partial charge in [0.15, 0.2) is 0 Å². The SMILES string of the molecule is Cl.O=C1N(Cc2ccc(F)cc2)CCC12CCNCC2. The van der Waals surface area contributed by atoms with E-state index in [1.165, 1.54) is 12.1 Å². The molecule has 1 amide bonds. The average molecular weight is 299 g/mol. The van der Waals surface area contributed by atoms with Crippen molar-refractivity contribution in [3.05, 3.63) is 35.6 Å². The van der Waals surface area contributed by atoms with Crippen molar-refractivity contribution in [1.82, 2.24) is 10.2 Å². The second kappa shape index (κ2) is 6.10. The lowest BCUT2D eigenvalue weighted by atomic mass is 9.78. The first-order chi connectivity index (χ1) is 9.20. The van der Waals surface area contributed by atoms with E-state index in [-0.39, 0.29) is 23.6 Å². The molecule has 1 N–H and O–H groups in total. The fourth-order valence-electron chi connectivity index (χ4n) is 3.22. The third-order valence-electron chi connectivity index (χ3n) is 4.45. The molecule has 0 atom stereocenters. The van der Waals surface area contributed by atoms with Gasteiger partial charge in [0.2, 0.25) is 5.91 Å². The monoisotopic (exact) mass is 298 g/mol. The Morgan fingerprint density at radius 3 is 2.45 bits per heavy atom. The van der Waals surface area contributed by atoms with Crippen LogP contribution in [0.1, 0.15) is 24.8 Å². The number of carbonyl (C=O) groups is 1. The predicted octanol–water partition coefficient (Wildman–Crippen LogP) is 2.35. The van der Waals surface area contributed by atoms with Crippen molar-refractivity contribution in [2.45, 2.75) is 25.8 Å². The lowest BCUT2D eigenvalue weighted by molar-refractivity contribution is -0.137. The molecule has 0 bridgehead atoms. The van der Waals surface area contributed by atoms with Crippen molar-refractivity contribution in [2.24, 2.45) is 5.41 Å². The molecule has 1 aromatic carbocycles. The maximum absolute atomic E-state index is 12.9. The zero-order chi connectivity index (χ0) is 13.3. The molecule has 0 unspecified atom stereocenters. The molecule has 20 heavy (non-hydrogen) atoms. The van der Waals surface area contributed by atoms with E-state index in [1.807, 2.05) is 4.90 Å². The molecule has 2 saturated heterocycles. The van der Waals surface area contributed by atoms with Crippen molar-refractivity contribution >= 4 is 18.3 Å². The molecule has 3 rings (SSSR count). The highest BCUT2D eigenvalue weighted by Gasteiger charge is 2.46. The second-order valence-corrected chi connectivity index (χ2v) is 5.63. The van der Waals surface area contributed by atoms with Gasteiger partial charge in [0.1, 0.15) is 5.82 Å². The van der Waals surface area contributed by atoms with Crippen LogP contribution in [0.4, 0.5) is 4.39 Å². The zero-order valence-electron chi connectivity index (χ0n) is 11.4. The Morgan fingerprint density at radius 2 is 1.80 bits per heavy atom. The van der Waals surface area contributed by atoms with Crippen molar-refractivity contribution in [1.29, 1.82) is 0 Å². The molecule has 0 saturated carbocycles. The minimum atomic E-state index is -0.230. The first-order valence-electron chi connectivity index (χ1n) is 6.94. The van der Waals surface area contributed by atoms with E-state index in [1.54, 1.807) is 12.1 Å². The van der Waals surface area contributed by atoms with Crippen LogP contribution in [0.5, 0.6) is 0 Å². The maximum Gasteiger partial charge on any atom is 0.229 e. The Bertz CT molecular complexity index is 471. The van der Waals surface area contributed by atoms with Crippen LogP contribution in [0.2, 0.25) is 0 Å². The smallest absolute Gasteiger partial charge is 0.229 e. The molecule has 2 aliphatic heterocycles. The molecular formula is C15H20ClFN2O. The number of piperidine rings is 1. The number of halogens is 2. The molecule has 2 heterocycles. The summed E-state index contributed by atoms with van der Waals surface area (Å²) in [5.41, 5.74) is 0.881. The molecule has 3 nitrogen and oxygen atoms in total. The number of carbonyl (C=O) groups excluding carboxylic acids is 1. The minimum Gasteiger partial charge on any atom is -0.338 e. The Morgan fingerprint density at radius 1 is 1.15 bits per heavy atom. The summed E-state index contributed by atoms with van der Waals surface area (Å²) in [7, 11) is 0. The van der Waals surface area contributed by atoms with Crippen LogP contribution in [-0.2, 0) is 11.3 Å². The summed E-state index contributed by atoms with van der Waals surface area (Å²) in [6.07, 6.45) is 2.87. The molecule has 1 spiro atoms. The van der Waals surface area contributed by atoms with Gasteiger partial charge in [-0.05, 0) is 50.0 Å². The van der Waals surface area contributed by atoms with E-state index >= 15 is 0 Å². The standard InChI is InChI=1S/C15H19FN2O.ClH/c16-13-3-1-12(2-4-13)11-18-10-7-15(14(18)19)5-8-17-9-6-15;/h1-4,17H,5-11H2;1H. The number of hydrogen-bond acceptors (Lipinski definition) is 2. The van der Waals surface area contributed by atoms with Gasteiger partial charge in [-0.15, -0.1) is 12.4 Å². The zero-order valence-corrected chi connectivity index (χ0v) is 12.2. The van der Waals surface area contributed by atoms with Crippen molar-refractivity contribution in [3.8, 4) is 0 Å². The fourth-order valence-corrected chi connectivity index (χ4v) is 3.22. The van der Waals surface area contributed by atoms with Crippen molar-refractivity contribution < 1.29 is 9.18 Å². The highest BCUT2D eigenvalue weighted by Crippen LogP contribution is 2.40. The number of nitrogens with one attached hydrogen (secondary N) is 1. The highest BCUT2D eigenvalue weighted by atomic mass is 35.5. The largest absolute Gasteiger partial charge is 0.338 e. The summed E-state index contributed by atoms with van der Waals surface area (Å²) in [4.78, 5) is 14.5. The molecule has 5 heteroatoms. The highest BCUT2D eigenvalue weighted by molar-refractivity contribution is 5.85. The second-order valence-electron chi connectivity index (χ2n) is 5.63. The van der Waals surface area contributed by atoms with Crippen LogP contribution in [0.25, 0.3) is 0 Å². The Hall–Kier alpha value is -1.13. The third kappa shape index (κ3) is 2.81. The molecule has 0 aliphatic carbocycles. The summed E-state index contributed by atoms with van der Waals surface area (Å²) in [5.74, 6) is 0.0599. The molecular weight excluding hydrogens is 279 g/mol. The van der Waals surface area contributed by atoms with Gasteiger partial charge in [-0.25, -0.2) is 4.39 Å². The van der Waals surface area contributed by atoms with Crippen molar-refractivity contribution in [2.75, 3.05) is 19.6 Å². The number of rotatable bonds is 2. The van der Waals surface area contributed by atoms with Crippen molar-refractivity contribution in [3.63, 3.8) is 0 Å². The van der Waals surface area contributed by atoms with Crippen LogP contribution in [0.15, 0.2) is 24.3 Å². The summed E-state index contributed by atoms with van der Waals surface area (Å²) >= 11 is 0. The average Bonchev–Trinajstić information content (AvgIpc) is 2.72. The van der Waals surface area contributed by atoms with E-state index in [4.69, 9.17) is 0 Å². The van der Waals surface area contributed by atoms with Gasteiger partial charge in [0.05, 0.1) is 5.41 Å². The number of amides is 1. The quantitative estimate of drug-likeness (QED) is 0.909. The summed E-state index contributed by atoms with van der Waals surface area (Å²) in [6, 6.07) is 6.43. The number of hydrogen-bond donors (Lipinski definition) is 1. The van der Waals surface area contributed by atoms with Gasteiger partial charge in [-0.3, -0.25) is 4.79 Å². The lowest BCUT2D eigenvalue weighted by Crippen LogP contribution is -2.42. The van der Waals surface area contributed by atoms with Crippen LogP contribution >= 0.6 is 12.4 Å². The number of likely N-dealkylation sites (tertiary alicyclic amines) is 1. The first kappa shape index (κ1) is 15.3. The summed E-state index contributed by atoms with van der Waals surface area (Å²) in [6.45, 7) is 3.32. The van der Waals surface area contributed by atoms with Crippen LogP contribution < -0.4 is 5.32 Å². The Labute approximate surface area is 124 Å². The van der Waals surface area contributed by atoms with E-state index in [9.17, 15) is 9.18 Å². The van der Waals surface area contributed by atoms with E-state index in [0.29, 0.717) is 12.5 Å². The summed E-state index contributed by atoms with van der Waals surface area (Å²) < 4.78 is 12.9. The van der Waals surface area contributed by atoms with Gasteiger partial charge in [-0.2, -0.15) is 0 Å². The first-order valence-corrected chi connectivity index (χ1v) is 6.94. The molecule has 0 aromatic heterocycles. The third-order valence-corrected chi connectivity index (χ3v) is 4.45. The summed E-state index contributed by atoms with van der Waals surface area (Å²) in [5, 5.41) is 3.31. The van der Waals surface area contributed by atoms with Crippen LogP contribution in [-0.4, -0.2) is 30.4 Å². The van der Waals surface area contributed by atoms with Gasteiger partial charge < -0.3 is 10.2 Å². The number of benzene rings is 1. The van der Waals surface area contributed by atoms with E-state index in [0.717, 1.165) is 44.5 Å². The molecule has 2 fully saturated rings. The van der Waals surface area contributed by atoms with E-state index < -0.39 is 0 Å². The normalized spacial score (nSPS) is 21.1. The topological polar surface area (TPSA) is 32.3 Å². The Balaban J connectivity index is 0.00000147. The number of nitrogens with zero attached hydrogens (tertiary/aromatic N) is 1. The predicted molar refractivity (Wildman–Crippen MR) is 78.2 cm³/mol. The van der Waals surface area contributed by atoms with Crippen LogP contribution in [0, 0.1) is 11.2 Å². The van der Waals surface area contributed by atoms with Gasteiger partial charge in [0.25, 0.3) is 0 Å². The van der Waals surface area contributed by atoms with Gasteiger partial charge in [-0.1, -0.05) is 12.1 Å². The molecule has 1 aromatic rings. The van der Waals surface area contributed by atoms with E-state index in [2.05, 4.69) is 5.32 Å². The lowest BCUT2D eigenvalue weighted by Gasteiger charge is -2.32. The fraction of sp³-hybridized carbons (Fsp3) is 0.533. The van der Waals surface area contributed by atoms with Gasteiger partial charge >= 0.3 is 0 Å². The Kier molecular flexibility index (Phi) is 4.66. The van der Waals surface area contributed by atoms with Gasteiger partial charge in [0, 0.05) is 13.1 Å². The minimum absolute atomic E-state index is 0.